The Labute approximate surface area is 151 Å². The molecule has 0 aliphatic carbocycles. The standard InChI is InChI=1S/C19H22FN3O3/c1-13(14-8-9-17(26-2)16(20)12-14)22-18(24)10-11-21-19(25)23-15-6-4-3-5-7-15/h3-9,12-13H,10-11H2,1-2H3,(H,22,24)(H2,21,23,25)/t13-/m0/s1. The summed E-state index contributed by atoms with van der Waals surface area (Å²) >= 11 is 0. The number of nitrogens with one attached hydrogen (secondary N) is 3. The van der Waals surface area contributed by atoms with Gasteiger partial charge < -0.3 is 20.7 Å². The maximum absolute atomic E-state index is 13.7. The highest BCUT2D eigenvalue weighted by molar-refractivity contribution is 5.89. The summed E-state index contributed by atoms with van der Waals surface area (Å²) in [6, 6.07) is 12.8. The van der Waals surface area contributed by atoms with E-state index in [1.54, 1.807) is 25.1 Å². The summed E-state index contributed by atoms with van der Waals surface area (Å²) in [5, 5.41) is 8.04. The molecule has 0 bridgehead atoms. The number of carbonyl (C=O) groups excluding carboxylic acids is 2. The van der Waals surface area contributed by atoms with Crippen LogP contribution in [-0.2, 0) is 4.79 Å². The first-order valence-corrected chi connectivity index (χ1v) is 8.22. The molecule has 0 unspecified atom stereocenters. The molecule has 0 spiro atoms. The molecular formula is C19H22FN3O3. The summed E-state index contributed by atoms with van der Waals surface area (Å²) in [6.45, 7) is 1.95. The zero-order valence-corrected chi connectivity index (χ0v) is 14.7. The first-order valence-electron chi connectivity index (χ1n) is 8.22. The zero-order chi connectivity index (χ0) is 18.9. The molecule has 0 saturated carbocycles. The van der Waals surface area contributed by atoms with Crippen LogP contribution in [0.5, 0.6) is 5.75 Å². The molecular weight excluding hydrogens is 337 g/mol. The Morgan fingerprint density at radius 3 is 2.54 bits per heavy atom. The van der Waals surface area contributed by atoms with Crippen molar-refractivity contribution in [2.75, 3.05) is 19.0 Å². The molecule has 3 amide bonds. The number of amides is 3. The van der Waals surface area contributed by atoms with Gasteiger partial charge in [-0.2, -0.15) is 0 Å². The fourth-order valence-electron chi connectivity index (χ4n) is 2.34. The molecule has 0 aromatic heterocycles. The van der Waals surface area contributed by atoms with Crippen LogP contribution in [-0.4, -0.2) is 25.6 Å². The summed E-state index contributed by atoms with van der Waals surface area (Å²) in [4.78, 5) is 23.7. The minimum absolute atomic E-state index is 0.116. The van der Waals surface area contributed by atoms with Gasteiger partial charge in [0.05, 0.1) is 13.2 Å². The van der Waals surface area contributed by atoms with E-state index in [1.165, 1.54) is 19.2 Å². The zero-order valence-electron chi connectivity index (χ0n) is 14.7. The van der Waals surface area contributed by atoms with Crippen molar-refractivity contribution in [1.29, 1.82) is 0 Å². The normalized spacial score (nSPS) is 11.3. The van der Waals surface area contributed by atoms with Gasteiger partial charge in [0.2, 0.25) is 5.91 Å². The second kappa shape index (κ2) is 9.41. The average molecular weight is 359 g/mol. The highest BCUT2D eigenvalue weighted by atomic mass is 19.1. The van der Waals surface area contributed by atoms with Gasteiger partial charge in [-0.3, -0.25) is 4.79 Å². The lowest BCUT2D eigenvalue weighted by molar-refractivity contribution is -0.121. The van der Waals surface area contributed by atoms with Crippen LogP contribution < -0.4 is 20.7 Å². The summed E-state index contributed by atoms with van der Waals surface area (Å²) in [6.07, 6.45) is 0.116. The van der Waals surface area contributed by atoms with Crippen molar-refractivity contribution in [2.24, 2.45) is 0 Å². The van der Waals surface area contributed by atoms with Gasteiger partial charge in [-0.1, -0.05) is 24.3 Å². The monoisotopic (exact) mass is 359 g/mol. The van der Waals surface area contributed by atoms with Gasteiger partial charge in [0.15, 0.2) is 11.6 Å². The van der Waals surface area contributed by atoms with Gasteiger partial charge in [-0.05, 0) is 36.8 Å². The number of anilines is 1. The largest absolute Gasteiger partial charge is 0.494 e. The van der Waals surface area contributed by atoms with Crippen molar-refractivity contribution < 1.29 is 18.7 Å². The summed E-state index contributed by atoms with van der Waals surface area (Å²) in [5.74, 6) is -0.569. The third kappa shape index (κ3) is 5.77. The van der Waals surface area contributed by atoms with Crippen molar-refractivity contribution in [1.82, 2.24) is 10.6 Å². The molecule has 3 N–H and O–H groups in total. The molecule has 2 aromatic rings. The van der Waals surface area contributed by atoms with Crippen molar-refractivity contribution in [3.05, 3.63) is 59.9 Å². The third-order valence-electron chi connectivity index (χ3n) is 3.72. The average Bonchev–Trinajstić information content (AvgIpc) is 2.62. The Balaban J connectivity index is 1.74. The van der Waals surface area contributed by atoms with Gasteiger partial charge >= 0.3 is 6.03 Å². The quantitative estimate of drug-likeness (QED) is 0.710. The maximum Gasteiger partial charge on any atom is 0.319 e. The Hall–Kier alpha value is -3.09. The number of halogens is 1. The summed E-state index contributed by atoms with van der Waals surface area (Å²) in [7, 11) is 1.39. The lowest BCUT2D eigenvalue weighted by atomic mass is 10.1. The first-order chi connectivity index (χ1) is 12.5. The highest BCUT2D eigenvalue weighted by Gasteiger charge is 2.12. The van der Waals surface area contributed by atoms with E-state index < -0.39 is 5.82 Å². The summed E-state index contributed by atoms with van der Waals surface area (Å²) < 4.78 is 18.6. The SMILES string of the molecule is COc1ccc([C@H](C)NC(=O)CCNC(=O)Nc2ccccc2)cc1F. The lowest BCUT2D eigenvalue weighted by Gasteiger charge is -2.15. The van der Waals surface area contributed by atoms with E-state index in [4.69, 9.17) is 4.74 Å². The lowest BCUT2D eigenvalue weighted by Crippen LogP contribution is -2.34. The van der Waals surface area contributed by atoms with Crippen molar-refractivity contribution in [3.8, 4) is 5.75 Å². The van der Waals surface area contributed by atoms with E-state index in [0.29, 0.717) is 11.3 Å². The van der Waals surface area contributed by atoms with Crippen LogP contribution >= 0.6 is 0 Å². The first kappa shape index (κ1) is 19.2. The maximum atomic E-state index is 13.7. The number of carbonyl (C=O) groups is 2. The van der Waals surface area contributed by atoms with Crippen LogP contribution in [0.2, 0.25) is 0 Å². The number of rotatable bonds is 7. The molecule has 0 aliphatic heterocycles. The smallest absolute Gasteiger partial charge is 0.319 e. The molecule has 138 valence electrons. The van der Waals surface area contributed by atoms with Crippen LogP contribution in [0.3, 0.4) is 0 Å². The Kier molecular flexibility index (Phi) is 6.96. The van der Waals surface area contributed by atoms with E-state index in [0.717, 1.165) is 0 Å². The van der Waals surface area contributed by atoms with E-state index in [9.17, 15) is 14.0 Å². The third-order valence-corrected chi connectivity index (χ3v) is 3.72. The van der Waals surface area contributed by atoms with E-state index in [1.807, 2.05) is 18.2 Å². The Morgan fingerprint density at radius 2 is 1.88 bits per heavy atom. The van der Waals surface area contributed by atoms with Crippen LogP contribution in [0.25, 0.3) is 0 Å². The Bertz CT molecular complexity index is 753. The van der Waals surface area contributed by atoms with Gasteiger partial charge in [-0.25, -0.2) is 9.18 Å². The van der Waals surface area contributed by atoms with Crippen LogP contribution in [0, 0.1) is 5.82 Å². The summed E-state index contributed by atoms with van der Waals surface area (Å²) in [5.41, 5.74) is 1.30. The van der Waals surface area contributed by atoms with Crippen molar-refractivity contribution in [3.63, 3.8) is 0 Å². The minimum Gasteiger partial charge on any atom is -0.494 e. The molecule has 1 atom stereocenters. The number of hydrogen-bond acceptors (Lipinski definition) is 3. The molecule has 0 aliphatic rings. The number of ether oxygens (including phenoxy) is 1. The van der Waals surface area contributed by atoms with E-state index >= 15 is 0 Å². The van der Waals surface area contributed by atoms with Crippen LogP contribution in [0.1, 0.15) is 24.9 Å². The number of para-hydroxylation sites is 1. The molecule has 0 heterocycles. The molecule has 0 saturated heterocycles. The molecule has 6 nitrogen and oxygen atoms in total. The fraction of sp³-hybridized carbons (Fsp3) is 0.263. The number of benzene rings is 2. The van der Waals surface area contributed by atoms with Gasteiger partial charge in [-0.15, -0.1) is 0 Å². The van der Waals surface area contributed by atoms with E-state index in [2.05, 4.69) is 16.0 Å². The van der Waals surface area contributed by atoms with Crippen LogP contribution in [0.4, 0.5) is 14.9 Å². The molecule has 7 heteroatoms. The fourth-order valence-corrected chi connectivity index (χ4v) is 2.34. The topological polar surface area (TPSA) is 79.5 Å². The Morgan fingerprint density at radius 1 is 1.15 bits per heavy atom. The van der Waals surface area contributed by atoms with Gasteiger partial charge in [0.1, 0.15) is 0 Å². The minimum atomic E-state index is -0.481. The second-order valence-electron chi connectivity index (χ2n) is 5.68. The number of urea groups is 1. The number of methoxy groups -OCH3 is 1. The second-order valence-corrected chi connectivity index (χ2v) is 5.68. The molecule has 0 fully saturated rings. The predicted molar refractivity (Wildman–Crippen MR) is 97.6 cm³/mol. The van der Waals surface area contributed by atoms with Crippen molar-refractivity contribution >= 4 is 17.6 Å². The van der Waals surface area contributed by atoms with E-state index in [-0.39, 0.29) is 36.7 Å². The molecule has 2 rings (SSSR count). The number of hydrogen-bond donors (Lipinski definition) is 3. The van der Waals surface area contributed by atoms with Gasteiger partial charge in [0, 0.05) is 18.7 Å². The highest BCUT2D eigenvalue weighted by Crippen LogP contribution is 2.21. The molecule has 0 radical (unpaired) electrons. The molecule has 2 aromatic carbocycles. The predicted octanol–water partition coefficient (Wildman–Crippen LogP) is 3.22. The van der Waals surface area contributed by atoms with Gasteiger partial charge in [0.25, 0.3) is 0 Å². The van der Waals surface area contributed by atoms with Crippen LogP contribution in [0.15, 0.2) is 48.5 Å². The molecule has 26 heavy (non-hydrogen) atoms. The van der Waals surface area contributed by atoms with Crippen molar-refractivity contribution in [2.45, 2.75) is 19.4 Å².